The number of nitrogens with one attached hydrogen (secondary N) is 1. The number of carbonyl (C=O) groups is 1. The van der Waals surface area contributed by atoms with Crippen LogP contribution in [0.3, 0.4) is 0 Å². The van der Waals surface area contributed by atoms with Gasteiger partial charge in [0.05, 0.1) is 5.02 Å². The molecule has 1 unspecified atom stereocenters. The highest BCUT2D eigenvalue weighted by Gasteiger charge is 2.28. The molecule has 0 spiro atoms. The van der Waals surface area contributed by atoms with Crippen LogP contribution >= 0.6 is 34.2 Å². The molecule has 1 N–H and O–H groups in total. The molecule has 126 valence electrons. The van der Waals surface area contributed by atoms with Crippen molar-refractivity contribution < 1.29 is 4.79 Å². The van der Waals surface area contributed by atoms with Crippen LogP contribution in [0.15, 0.2) is 42.6 Å². The van der Waals surface area contributed by atoms with Gasteiger partial charge in [-0.1, -0.05) is 17.7 Å². The van der Waals surface area contributed by atoms with Crippen LogP contribution in [0.4, 0.5) is 16.3 Å². The third kappa shape index (κ3) is 3.92. The van der Waals surface area contributed by atoms with Gasteiger partial charge >= 0.3 is 6.03 Å². The van der Waals surface area contributed by atoms with Crippen molar-refractivity contribution in [1.82, 2.24) is 9.88 Å². The molecule has 0 aliphatic carbocycles. The molecule has 7 heteroatoms. The predicted octanol–water partition coefficient (Wildman–Crippen LogP) is 4.08. The number of piperazine rings is 1. The number of hydrogen-bond donors (Lipinski definition) is 1. The van der Waals surface area contributed by atoms with Gasteiger partial charge in [-0.15, -0.1) is 0 Å². The molecule has 1 atom stereocenters. The van der Waals surface area contributed by atoms with Crippen LogP contribution in [0, 0.1) is 3.57 Å². The van der Waals surface area contributed by atoms with Crippen molar-refractivity contribution >= 4 is 51.7 Å². The Hall–Kier alpha value is -1.54. The van der Waals surface area contributed by atoms with Crippen molar-refractivity contribution in [2.24, 2.45) is 0 Å². The topological polar surface area (TPSA) is 48.5 Å². The second-order valence-corrected chi connectivity index (χ2v) is 7.39. The highest BCUT2D eigenvalue weighted by molar-refractivity contribution is 14.1. The summed E-state index contributed by atoms with van der Waals surface area (Å²) in [5.41, 5.74) is 0.814. The summed E-state index contributed by atoms with van der Waals surface area (Å²) in [5, 5.41) is 3.61. The molecule has 5 nitrogen and oxygen atoms in total. The third-order valence-electron chi connectivity index (χ3n) is 4.00. The van der Waals surface area contributed by atoms with Gasteiger partial charge in [-0.05, 0) is 59.8 Å². The first-order chi connectivity index (χ1) is 11.5. The molecular formula is C17H18ClIN4O. The van der Waals surface area contributed by atoms with Crippen LogP contribution in [0.2, 0.25) is 5.02 Å². The summed E-state index contributed by atoms with van der Waals surface area (Å²) >= 11 is 8.46. The van der Waals surface area contributed by atoms with Crippen molar-refractivity contribution in [3.05, 3.63) is 51.2 Å². The minimum absolute atomic E-state index is 0.0691. The Morgan fingerprint density at radius 2 is 2.17 bits per heavy atom. The summed E-state index contributed by atoms with van der Waals surface area (Å²) in [7, 11) is 0. The lowest BCUT2D eigenvalue weighted by atomic mass is 10.2. The van der Waals surface area contributed by atoms with Gasteiger partial charge in [0.15, 0.2) is 0 Å². The van der Waals surface area contributed by atoms with E-state index in [2.05, 4.69) is 37.8 Å². The van der Waals surface area contributed by atoms with Gasteiger partial charge < -0.3 is 15.1 Å². The van der Waals surface area contributed by atoms with Crippen molar-refractivity contribution in [3.63, 3.8) is 0 Å². The van der Waals surface area contributed by atoms with Crippen molar-refractivity contribution in [1.29, 1.82) is 0 Å². The average molecular weight is 457 g/mol. The number of aromatic nitrogens is 1. The maximum Gasteiger partial charge on any atom is 0.322 e. The average Bonchev–Trinajstić information content (AvgIpc) is 2.55. The van der Waals surface area contributed by atoms with Crippen molar-refractivity contribution in [3.8, 4) is 0 Å². The molecule has 0 saturated carbocycles. The van der Waals surface area contributed by atoms with Gasteiger partial charge in [0.1, 0.15) is 5.82 Å². The number of hydrogen-bond acceptors (Lipinski definition) is 3. The van der Waals surface area contributed by atoms with E-state index in [0.29, 0.717) is 24.7 Å². The maximum atomic E-state index is 12.6. The Labute approximate surface area is 160 Å². The quantitative estimate of drug-likeness (QED) is 0.693. The van der Waals surface area contributed by atoms with Gasteiger partial charge in [0.2, 0.25) is 0 Å². The zero-order chi connectivity index (χ0) is 17.1. The lowest BCUT2D eigenvalue weighted by Crippen LogP contribution is -2.55. The molecule has 3 rings (SSSR count). The monoisotopic (exact) mass is 456 g/mol. The molecule has 1 fully saturated rings. The molecular weight excluding hydrogens is 439 g/mol. The molecule has 2 heterocycles. The summed E-state index contributed by atoms with van der Waals surface area (Å²) in [6.45, 7) is 4.08. The Morgan fingerprint density at radius 3 is 2.88 bits per heavy atom. The third-order valence-corrected chi connectivity index (χ3v) is 4.97. The largest absolute Gasteiger partial charge is 0.352 e. The Morgan fingerprint density at radius 1 is 1.33 bits per heavy atom. The molecule has 24 heavy (non-hydrogen) atoms. The zero-order valence-electron chi connectivity index (χ0n) is 13.2. The Kier molecular flexibility index (Phi) is 5.45. The number of pyridine rings is 1. The van der Waals surface area contributed by atoms with E-state index in [0.717, 1.165) is 15.1 Å². The SMILES string of the molecule is CC1CN(c2ncccc2Cl)CCN1C(=O)Nc1cccc(I)c1. The van der Waals surface area contributed by atoms with E-state index in [1.165, 1.54) is 0 Å². The number of anilines is 2. The molecule has 0 bridgehead atoms. The number of nitrogens with zero attached hydrogens (tertiary/aromatic N) is 3. The highest BCUT2D eigenvalue weighted by atomic mass is 127. The first kappa shape index (κ1) is 17.3. The maximum absolute atomic E-state index is 12.6. The van der Waals surface area contributed by atoms with Crippen LogP contribution in [-0.2, 0) is 0 Å². The highest BCUT2D eigenvalue weighted by Crippen LogP contribution is 2.25. The van der Waals surface area contributed by atoms with Crippen LogP contribution < -0.4 is 10.2 Å². The van der Waals surface area contributed by atoms with E-state index in [-0.39, 0.29) is 12.1 Å². The van der Waals surface area contributed by atoms with Gasteiger partial charge in [-0.3, -0.25) is 0 Å². The number of benzene rings is 1. The lowest BCUT2D eigenvalue weighted by Gasteiger charge is -2.40. The van der Waals surface area contributed by atoms with Crippen LogP contribution in [0.1, 0.15) is 6.92 Å². The second kappa shape index (κ2) is 7.57. The number of halogens is 2. The summed E-state index contributed by atoms with van der Waals surface area (Å²) in [4.78, 5) is 20.9. The van der Waals surface area contributed by atoms with E-state index >= 15 is 0 Å². The van der Waals surface area contributed by atoms with Crippen LogP contribution in [0.5, 0.6) is 0 Å². The van der Waals surface area contributed by atoms with Crippen LogP contribution in [0.25, 0.3) is 0 Å². The van der Waals surface area contributed by atoms with E-state index in [4.69, 9.17) is 11.6 Å². The first-order valence-electron chi connectivity index (χ1n) is 7.73. The molecule has 1 aliphatic heterocycles. The lowest BCUT2D eigenvalue weighted by molar-refractivity contribution is 0.184. The standard InChI is InChI=1S/C17H18ClIN4O/c1-12-11-22(16-15(18)6-3-7-20-16)8-9-23(12)17(24)21-14-5-2-4-13(19)10-14/h2-7,10,12H,8-9,11H2,1H3,(H,21,24). The summed E-state index contributed by atoms with van der Waals surface area (Å²) in [6, 6.07) is 11.4. The molecule has 0 radical (unpaired) electrons. The van der Waals surface area contributed by atoms with Gasteiger partial charge in [0, 0.05) is 41.1 Å². The number of rotatable bonds is 2. The van der Waals surface area contributed by atoms with Crippen LogP contribution in [-0.4, -0.2) is 41.6 Å². The smallest absolute Gasteiger partial charge is 0.322 e. The molecule has 2 amide bonds. The fraction of sp³-hybridized carbons (Fsp3) is 0.294. The summed E-state index contributed by atoms with van der Waals surface area (Å²) in [5.74, 6) is 0.781. The molecule has 1 aromatic heterocycles. The Bertz CT molecular complexity index is 742. The summed E-state index contributed by atoms with van der Waals surface area (Å²) in [6.07, 6.45) is 1.74. The van der Waals surface area contributed by atoms with Gasteiger partial charge in [0.25, 0.3) is 0 Å². The first-order valence-corrected chi connectivity index (χ1v) is 9.19. The number of urea groups is 1. The normalized spacial score (nSPS) is 17.7. The number of amides is 2. The van der Waals surface area contributed by atoms with E-state index in [1.807, 2.05) is 48.2 Å². The Balaban J connectivity index is 1.65. The van der Waals surface area contributed by atoms with Gasteiger partial charge in [-0.2, -0.15) is 0 Å². The number of carbonyl (C=O) groups excluding carboxylic acids is 1. The fourth-order valence-electron chi connectivity index (χ4n) is 2.82. The minimum atomic E-state index is -0.0729. The van der Waals surface area contributed by atoms with E-state index in [9.17, 15) is 4.79 Å². The van der Waals surface area contributed by atoms with Gasteiger partial charge in [-0.25, -0.2) is 9.78 Å². The second-order valence-electron chi connectivity index (χ2n) is 5.74. The molecule has 1 aromatic carbocycles. The van der Waals surface area contributed by atoms with Crippen molar-refractivity contribution in [2.75, 3.05) is 29.9 Å². The predicted molar refractivity (Wildman–Crippen MR) is 106 cm³/mol. The summed E-state index contributed by atoms with van der Waals surface area (Å²) < 4.78 is 1.09. The molecule has 1 saturated heterocycles. The van der Waals surface area contributed by atoms with E-state index in [1.54, 1.807) is 6.20 Å². The van der Waals surface area contributed by atoms with Crippen molar-refractivity contribution in [2.45, 2.75) is 13.0 Å². The zero-order valence-corrected chi connectivity index (χ0v) is 16.2. The van der Waals surface area contributed by atoms with E-state index < -0.39 is 0 Å². The molecule has 2 aromatic rings. The minimum Gasteiger partial charge on any atom is -0.352 e. The molecule has 1 aliphatic rings. The fourth-order valence-corrected chi connectivity index (χ4v) is 3.61.